The Kier molecular flexibility index (Phi) is 5.79. The zero-order valence-electron chi connectivity index (χ0n) is 14.1. The summed E-state index contributed by atoms with van der Waals surface area (Å²) in [5.41, 5.74) is 1.32. The first-order valence-corrected chi connectivity index (χ1v) is 9.08. The van der Waals surface area contributed by atoms with Crippen molar-refractivity contribution in [2.45, 2.75) is 18.7 Å². The number of anilines is 1. The number of rotatable bonds is 7. The standard InChI is InChI=1S/C16H16ClN5O3S/c1-3-22-8-10(7-18-22)15-20-21-16(25-15)26-9-14(23)19-11-4-5-13(24-2)12(17)6-11/h4-8H,3,9H2,1-2H3,(H,19,23). The maximum atomic E-state index is 12.1. The van der Waals surface area contributed by atoms with Gasteiger partial charge in [-0.15, -0.1) is 10.2 Å². The minimum atomic E-state index is -0.213. The number of aromatic nitrogens is 4. The van der Waals surface area contributed by atoms with E-state index in [0.717, 1.165) is 23.9 Å². The fraction of sp³-hybridized carbons (Fsp3) is 0.250. The first kappa shape index (κ1) is 18.3. The Hall–Kier alpha value is -2.52. The second-order valence-corrected chi connectivity index (χ2v) is 6.48. The van der Waals surface area contributed by atoms with E-state index < -0.39 is 0 Å². The van der Waals surface area contributed by atoms with Crippen LogP contribution in [0.3, 0.4) is 0 Å². The van der Waals surface area contributed by atoms with Gasteiger partial charge in [-0.3, -0.25) is 9.48 Å². The second-order valence-electron chi connectivity index (χ2n) is 5.14. The average Bonchev–Trinajstić information content (AvgIpc) is 3.29. The molecule has 1 N–H and O–H groups in total. The molecule has 0 saturated heterocycles. The Bertz CT molecular complexity index is 911. The average molecular weight is 394 g/mol. The molecule has 0 radical (unpaired) electrons. The SMILES string of the molecule is CCn1cc(-c2nnc(SCC(=O)Nc3ccc(OC)c(Cl)c3)o2)cn1. The third kappa shape index (κ3) is 4.36. The molecule has 0 spiro atoms. The van der Waals surface area contributed by atoms with Crippen molar-refractivity contribution in [3.8, 4) is 17.2 Å². The van der Waals surface area contributed by atoms with Gasteiger partial charge in [0, 0.05) is 18.4 Å². The monoisotopic (exact) mass is 393 g/mol. The van der Waals surface area contributed by atoms with E-state index in [1.165, 1.54) is 7.11 Å². The van der Waals surface area contributed by atoms with Gasteiger partial charge >= 0.3 is 0 Å². The number of halogens is 1. The number of nitrogens with zero attached hydrogens (tertiary/aromatic N) is 4. The number of nitrogens with one attached hydrogen (secondary N) is 1. The lowest BCUT2D eigenvalue weighted by atomic mass is 10.3. The Balaban J connectivity index is 1.55. The van der Waals surface area contributed by atoms with E-state index in [9.17, 15) is 4.79 Å². The van der Waals surface area contributed by atoms with Crippen LogP contribution in [-0.2, 0) is 11.3 Å². The first-order chi connectivity index (χ1) is 12.6. The molecule has 0 saturated carbocycles. The number of hydrogen-bond acceptors (Lipinski definition) is 7. The molecule has 0 fully saturated rings. The smallest absolute Gasteiger partial charge is 0.277 e. The lowest BCUT2D eigenvalue weighted by Crippen LogP contribution is -2.14. The highest BCUT2D eigenvalue weighted by Crippen LogP contribution is 2.27. The number of benzene rings is 1. The summed E-state index contributed by atoms with van der Waals surface area (Å²) >= 11 is 7.19. The van der Waals surface area contributed by atoms with Crippen molar-refractivity contribution >= 4 is 35.0 Å². The van der Waals surface area contributed by atoms with Gasteiger partial charge < -0.3 is 14.5 Å². The molecule has 0 aliphatic heterocycles. The zero-order chi connectivity index (χ0) is 18.5. The topological polar surface area (TPSA) is 95.1 Å². The number of carbonyl (C=O) groups is 1. The summed E-state index contributed by atoms with van der Waals surface area (Å²) in [6.07, 6.45) is 3.48. The van der Waals surface area contributed by atoms with E-state index in [1.807, 2.05) is 13.1 Å². The first-order valence-electron chi connectivity index (χ1n) is 7.71. The van der Waals surface area contributed by atoms with Crippen molar-refractivity contribution in [2.24, 2.45) is 0 Å². The van der Waals surface area contributed by atoms with Crippen molar-refractivity contribution in [2.75, 3.05) is 18.2 Å². The predicted octanol–water partition coefficient (Wildman–Crippen LogP) is 3.35. The van der Waals surface area contributed by atoms with Crippen molar-refractivity contribution < 1.29 is 13.9 Å². The maximum Gasteiger partial charge on any atom is 0.277 e. The van der Waals surface area contributed by atoms with Crippen LogP contribution in [0.25, 0.3) is 11.5 Å². The van der Waals surface area contributed by atoms with Gasteiger partial charge in [0.05, 0.1) is 29.6 Å². The van der Waals surface area contributed by atoms with Crippen LogP contribution in [0.5, 0.6) is 5.75 Å². The summed E-state index contributed by atoms with van der Waals surface area (Å²) in [4.78, 5) is 12.1. The van der Waals surface area contributed by atoms with E-state index in [1.54, 1.807) is 29.1 Å². The van der Waals surface area contributed by atoms with Crippen molar-refractivity contribution in [1.82, 2.24) is 20.0 Å². The number of thioether (sulfide) groups is 1. The van der Waals surface area contributed by atoms with Crippen LogP contribution in [0.4, 0.5) is 5.69 Å². The normalized spacial score (nSPS) is 10.7. The number of aryl methyl sites for hydroxylation is 1. The molecule has 26 heavy (non-hydrogen) atoms. The van der Waals surface area contributed by atoms with Crippen LogP contribution in [0.2, 0.25) is 5.02 Å². The van der Waals surface area contributed by atoms with Crippen LogP contribution in [-0.4, -0.2) is 38.7 Å². The van der Waals surface area contributed by atoms with Gasteiger partial charge in [-0.05, 0) is 25.1 Å². The van der Waals surface area contributed by atoms with Gasteiger partial charge in [0.1, 0.15) is 5.75 Å². The van der Waals surface area contributed by atoms with E-state index in [0.29, 0.717) is 27.6 Å². The lowest BCUT2D eigenvalue weighted by Gasteiger charge is -2.07. The van der Waals surface area contributed by atoms with Gasteiger partial charge in [0.25, 0.3) is 11.1 Å². The van der Waals surface area contributed by atoms with Crippen LogP contribution in [0.15, 0.2) is 40.2 Å². The molecule has 0 unspecified atom stereocenters. The number of methoxy groups -OCH3 is 1. The molecule has 2 heterocycles. The van der Waals surface area contributed by atoms with Crippen LogP contribution in [0.1, 0.15) is 6.92 Å². The summed E-state index contributed by atoms with van der Waals surface area (Å²) < 4.78 is 12.4. The van der Waals surface area contributed by atoms with E-state index in [-0.39, 0.29) is 11.7 Å². The van der Waals surface area contributed by atoms with Crippen LogP contribution >= 0.6 is 23.4 Å². The van der Waals surface area contributed by atoms with E-state index in [2.05, 4.69) is 20.6 Å². The summed E-state index contributed by atoms with van der Waals surface area (Å²) in [7, 11) is 1.53. The number of hydrogen-bond donors (Lipinski definition) is 1. The predicted molar refractivity (Wildman–Crippen MR) is 98.6 cm³/mol. The van der Waals surface area contributed by atoms with Gasteiger partial charge in [-0.25, -0.2) is 0 Å². The number of ether oxygens (including phenoxy) is 1. The molecule has 1 amide bonds. The van der Waals surface area contributed by atoms with Crippen LogP contribution in [0, 0.1) is 0 Å². The van der Waals surface area contributed by atoms with Crippen LogP contribution < -0.4 is 10.1 Å². The fourth-order valence-electron chi connectivity index (χ4n) is 2.10. The molecule has 0 aliphatic rings. The third-order valence-electron chi connectivity index (χ3n) is 3.37. The Morgan fingerprint density at radius 1 is 1.42 bits per heavy atom. The summed E-state index contributed by atoms with van der Waals surface area (Å²) in [6.45, 7) is 2.74. The van der Waals surface area contributed by atoms with Gasteiger partial charge in [0.15, 0.2) is 0 Å². The van der Waals surface area contributed by atoms with E-state index in [4.69, 9.17) is 20.8 Å². The summed E-state index contributed by atoms with van der Waals surface area (Å²) in [5.74, 6) is 0.827. The highest BCUT2D eigenvalue weighted by molar-refractivity contribution is 7.99. The Labute approximate surface area is 158 Å². The molecule has 3 aromatic rings. The molecule has 1 aromatic carbocycles. The highest BCUT2D eigenvalue weighted by atomic mass is 35.5. The number of amides is 1. The van der Waals surface area contributed by atoms with Gasteiger partial charge in [-0.2, -0.15) is 5.10 Å². The molecular formula is C16H16ClN5O3S. The number of carbonyl (C=O) groups excluding carboxylic acids is 1. The highest BCUT2D eigenvalue weighted by Gasteiger charge is 2.13. The maximum absolute atomic E-state index is 12.1. The van der Waals surface area contributed by atoms with E-state index >= 15 is 0 Å². The molecule has 2 aromatic heterocycles. The summed E-state index contributed by atoms with van der Waals surface area (Å²) in [5, 5.41) is 15.6. The molecule has 136 valence electrons. The minimum Gasteiger partial charge on any atom is -0.495 e. The Morgan fingerprint density at radius 3 is 2.96 bits per heavy atom. The fourth-order valence-corrected chi connectivity index (χ4v) is 2.92. The third-order valence-corrected chi connectivity index (χ3v) is 4.49. The van der Waals surface area contributed by atoms with Gasteiger partial charge in [0.2, 0.25) is 5.91 Å². The molecular weight excluding hydrogens is 378 g/mol. The molecule has 10 heteroatoms. The Morgan fingerprint density at radius 2 is 2.27 bits per heavy atom. The molecule has 8 nitrogen and oxygen atoms in total. The molecule has 3 rings (SSSR count). The quantitative estimate of drug-likeness (QED) is 0.615. The largest absolute Gasteiger partial charge is 0.495 e. The van der Waals surface area contributed by atoms with Crippen molar-refractivity contribution in [1.29, 1.82) is 0 Å². The van der Waals surface area contributed by atoms with Crippen molar-refractivity contribution in [3.63, 3.8) is 0 Å². The summed E-state index contributed by atoms with van der Waals surface area (Å²) in [6, 6.07) is 5.02. The molecule has 0 bridgehead atoms. The minimum absolute atomic E-state index is 0.125. The van der Waals surface area contributed by atoms with Gasteiger partial charge in [-0.1, -0.05) is 23.4 Å². The lowest BCUT2D eigenvalue weighted by molar-refractivity contribution is -0.113. The molecule has 0 aliphatic carbocycles. The second kappa shape index (κ2) is 8.24. The molecule has 0 atom stereocenters. The van der Waals surface area contributed by atoms with Crippen molar-refractivity contribution in [3.05, 3.63) is 35.6 Å². The zero-order valence-corrected chi connectivity index (χ0v) is 15.7.